The number of hydrogen-bond acceptors (Lipinski definition) is 5. The SMILES string of the molecule is CCn1ccnc1CN(C(=O)c1c(C)noc1C)C1CC12CCNCC2.Cl. The van der Waals surface area contributed by atoms with Crippen molar-refractivity contribution in [2.75, 3.05) is 13.1 Å². The van der Waals surface area contributed by atoms with Gasteiger partial charge < -0.3 is 19.3 Å². The van der Waals surface area contributed by atoms with Crippen LogP contribution in [0.3, 0.4) is 0 Å². The van der Waals surface area contributed by atoms with Gasteiger partial charge in [-0.15, -0.1) is 12.4 Å². The molecule has 1 atom stereocenters. The summed E-state index contributed by atoms with van der Waals surface area (Å²) in [6, 6.07) is 0.271. The summed E-state index contributed by atoms with van der Waals surface area (Å²) in [6.45, 7) is 9.19. The van der Waals surface area contributed by atoms with Crippen LogP contribution in [0.25, 0.3) is 0 Å². The number of nitrogens with zero attached hydrogens (tertiary/aromatic N) is 4. The first-order chi connectivity index (χ1) is 12.6. The van der Waals surface area contributed by atoms with Gasteiger partial charge in [0.1, 0.15) is 17.1 Å². The molecule has 1 spiro atoms. The number of imidazole rings is 1. The van der Waals surface area contributed by atoms with Crippen LogP contribution in [0.5, 0.6) is 0 Å². The third-order valence-electron chi connectivity index (χ3n) is 6.08. The molecule has 1 aliphatic carbocycles. The summed E-state index contributed by atoms with van der Waals surface area (Å²) in [7, 11) is 0. The first-order valence-electron chi connectivity index (χ1n) is 9.50. The van der Waals surface area contributed by atoms with Gasteiger partial charge in [-0.05, 0) is 58.5 Å². The third-order valence-corrected chi connectivity index (χ3v) is 6.08. The van der Waals surface area contributed by atoms with Crippen LogP contribution in [0.4, 0.5) is 0 Å². The molecule has 4 rings (SSSR count). The summed E-state index contributed by atoms with van der Waals surface area (Å²) in [6.07, 6.45) is 7.12. The topological polar surface area (TPSA) is 76.2 Å². The maximum absolute atomic E-state index is 13.5. The van der Waals surface area contributed by atoms with Gasteiger partial charge in [0, 0.05) is 25.0 Å². The van der Waals surface area contributed by atoms with Crippen molar-refractivity contribution in [3.63, 3.8) is 0 Å². The van der Waals surface area contributed by atoms with Gasteiger partial charge in [0.25, 0.3) is 5.91 Å². The Morgan fingerprint density at radius 2 is 2.15 bits per heavy atom. The van der Waals surface area contributed by atoms with Crippen LogP contribution in [0.1, 0.15) is 53.8 Å². The van der Waals surface area contributed by atoms with E-state index >= 15 is 0 Å². The molecule has 1 amide bonds. The summed E-state index contributed by atoms with van der Waals surface area (Å²) < 4.78 is 7.36. The highest BCUT2D eigenvalue weighted by molar-refractivity contribution is 5.96. The van der Waals surface area contributed by atoms with Crippen molar-refractivity contribution in [3.8, 4) is 0 Å². The number of aromatic nitrogens is 3. The van der Waals surface area contributed by atoms with E-state index in [9.17, 15) is 4.79 Å². The van der Waals surface area contributed by atoms with Crippen LogP contribution < -0.4 is 5.32 Å². The van der Waals surface area contributed by atoms with Crippen molar-refractivity contribution >= 4 is 18.3 Å². The first kappa shape index (κ1) is 19.9. The lowest BCUT2D eigenvalue weighted by atomic mass is 9.93. The fourth-order valence-electron chi connectivity index (χ4n) is 4.42. The molecule has 1 saturated carbocycles. The zero-order chi connectivity index (χ0) is 18.3. The molecule has 2 aromatic rings. The number of nitrogens with one attached hydrogen (secondary N) is 1. The number of halogens is 1. The number of aryl methyl sites for hydroxylation is 3. The zero-order valence-corrected chi connectivity index (χ0v) is 17.0. The molecule has 8 heteroatoms. The summed E-state index contributed by atoms with van der Waals surface area (Å²) >= 11 is 0. The first-order valence-corrected chi connectivity index (χ1v) is 9.50. The van der Waals surface area contributed by atoms with Crippen LogP contribution in [0.15, 0.2) is 16.9 Å². The maximum atomic E-state index is 13.5. The Hall–Kier alpha value is -1.86. The molecular weight excluding hydrogens is 366 g/mol. The van der Waals surface area contributed by atoms with Gasteiger partial charge in [-0.25, -0.2) is 4.98 Å². The Morgan fingerprint density at radius 3 is 2.78 bits per heavy atom. The summed E-state index contributed by atoms with van der Waals surface area (Å²) in [5.41, 5.74) is 1.54. The van der Waals surface area contributed by atoms with E-state index in [4.69, 9.17) is 4.52 Å². The number of piperidine rings is 1. The lowest BCUT2D eigenvalue weighted by Gasteiger charge is -2.29. The van der Waals surface area contributed by atoms with E-state index in [0.717, 1.165) is 44.7 Å². The van der Waals surface area contributed by atoms with E-state index in [-0.39, 0.29) is 29.8 Å². The van der Waals surface area contributed by atoms with Crippen LogP contribution in [0, 0.1) is 19.3 Å². The van der Waals surface area contributed by atoms with E-state index in [2.05, 4.69) is 26.9 Å². The van der Waals surface area contributed by atoms with Crippen molar-refractivity contribution in [2.45, 2.75) is 59.2 Å². The quantitative estimate of drug-likeness (QED) is 0.845. The van der Waals surface area contributed by atoms with Crippen molar-refractivity contribution in [1.29, 1.82) is 0 Å². The second-order valence-corrected chi connectivity index (χ2v) is 7.59. The number of carbonyl (C=O) groups is 1. The van der Waals surface area contributed by atoms with E-state index < -0.39 is 0 Å². The van der Waals surface area contributed by atoms with Crippen molar-refractivity contribution in [2.24, 2.45) is 5.41 Å². The number of hydrogen-bond donors (Lipinski definition) is 1. The average Bonchev–Trinajstić information content (AvgIpc) is 2.98. The van der Waals surface area contributed by atoms with Crippen LogP contribution in [-0.2, 0) is 13.1 Å². The summed E-state index contributed by atoms with van der Waals surface area (Å²) in [4.78, 5) is 20.0. The minimum Gasteiger partial charge on any atom is -0.361 e. The standard InChI is InChI=1S/C19H27N5O2.ClH/c1-4-23-10-9-21-16(23)12-24(15-11-19(15)5-7-20-8-6-19)18(25)17-13(2)22-26-14(17)3;/h9-10,15,20H,4-8,11-12H2,1-3H3;1H. The Morgan fingerprint density at radius 1 is 1.41 bits per heavy atom. The highest BCUT2D eigenvalue weighted by Gasteiger charge is 2.58. The van der Waals surface area contributed by atoms with Gasteiger partial charge in [-0.1, -0.05) is 5.16 Å². The molecule has 1 aliphatic heterocycles. The molecule has 1 N–H and O–H groups in total. The Bertz CT molecular complexity index is 789. The van der Waals surface area contributed by atoms with Gasteiger partial charge in [0.2, 0.25) is 0 Å². The van der Waals surface area contributed by atoms with Crippen molar-refractivity contribution < 1.29 is 9.32 Å². The summed E-state index contributed by atoms with van der Waals surface area (Å²) in [5, 5.41) is 7.41. The molecule has 0 aromatic carbocycles. The van der Waals surface area contributed by atoms with E-state index in [1.165, 1.54) is 0 Å². The second kappa shape index (κ2) is 7.64. The lowest BCUT2D eigenvalue weighted by molar-refractivity contribution is 0.0682. The van der Waals surface area contributed by atoms with E-state index in [0.29, 0.717) is 23.6 Å². The minimum absolute atomic E-state index is 0. The number of amides is 1. The molecule has 2 aromatic heterocycles. The zero-order valence-electron chi connectivity index (χ0n) is 16.2. The van der Waals surface area contributed by atoms with Crippen molar-refractivity contribution in [3.05, 3.63) is 35.2 Å². The largest absolute Gasteiger partial charge is 0.361 e. The molecule has 2 fully saturated rings. The molecular formula is C19H28ClN5O2. The summed E-state index contributed by atoms with van der Waals surface area (Å²) in [5.74, 6) is 1.55. The van der Waals surface area contributed by atoms with Gasteiger partial charge in [0.15, 0.2) is 0 Å². The third kappa shape index (κ3) is 3.50. The van der Waals surface area contributed by atoms with Crippen LogP contribution >= 0.6 is 12.4 Å². The molecule has 2 aliphatic rings. The van der Waals surface area contributed by atoms with Gasteiger partial charge in [0.05, 0.1) is 12.2 Å². The second-order valence-electron chi connectivity index (χ2n) is 7.59. The molecule has 7 nitrogen and oxygen atoms in total. The Balaban J connectivity index is 0.00000210. The van der Waals surface area contributed by atoms with Gasteiger partial charge in [-0.3, -0.25) is 4.79 Å². The van der Waals surface area contributed by atoms with Gasteiger partial charge in [-0.2, -0.15) is 0 Å². The van der Waals surface area contributed by atoms with Crippen molar-refractivity contribution in [1.82, 2.24) is 24.9 Å². The molecule has 1 saturated heterocycles. The molecule has 0 bridgehead atoms. The minimum atomic E-state index is 0. The predicted octanol–water partition coefficient (Wildman–Crippen LogP) is 2.71. The average molecular weight is 394 g/mol. The predicted molar refractivity (Wildman–Crippen MR) is 104 cm³/mol. The van der Waals surface area contributed by atoms with Crippen LogP contribution in [-0.4, -0.2) is 44.6 Å². The molecule has 148 valence electrons. The smallest absolute Gasteiger partial charge is 0.260 e. The fraction of sp³-hybridized carbons (Fsp3) is 0.632. The highest BCUT2D eigenvalue weighted by atomic mass is 35.5. The van der Waals surface area contributed by atoms with E-state index in [1.54, 1.807) is 0 Å². The molecule has 0 radical (unpaired) electrons. The van der Waals surface area contributed by atoms with E-state index in [1.807, 2.05) is 31.1 Å². The normalized spacial score (nSPS) is 20.3. The Labute approximate surface area is 165 Å². The fourth-order valence-corrected chi connectivity index (χ4v) is 4.42. The Kier molecular flexibility index (Phi) is 5.63. The molecule has 1 unspecified atom stereocenters. The molecule has 27 heavy (non-hydrogen) atoms. The van der Waals surface area contributed by atoms with Gasteiger partial charge >= 0.3 is 0 Å². The number of carbonyl (C=O) groups excluding carboxylic acids is 1. The van der Waals surface area contributed by atoms with Crippen LogP contribution in [0.2, 0.25) is 0 Å². The number of rotatable bonds is 5. The maximum Gasteiger partial charge on any atom is 0.260 e. The lowest BCUT2D eigenvalue weighted by Crippen LogP contribution is -2.40. The highest BCUT2D eigenvalue weighted by Crippen LogP contribution is 2.56. The molecule has 3 heterocycles. The monoisotopic (exact) mass is 393 g/mol.